The number of piperazine rings is 1. The van der Waals surface area contributed by atoms with Crippen LogP contribution in [0.4, 0.5) is 11.4 Å². The van der Waals surface area contributed by atoms with Gasteiger partial charge in [0.05, 0.1) is 22.4 Å². The minimum Gasteiger partial charge on any atom is -0.454 e. The van der Waals surface area contributed by atoms with E-state index in [1.807, 2.05) is 30.3 Å². The predicted octanol–water partition coefficient (Wildman–Crippen LogP) is 3.57. The Kier molecular flexibility index (Phi) is 8.43. The first-order chi connectivity index (χ1) is 22.5. The molecule has 2 aromatic heterocycles. The van der Waals surface area contributed by atoms with Gasteiger partial charge in [0.2, 0.25) is 11.7 Å². The van der Waals surface area contributed by atoms with Crippen molar-refractivity contribution in [2.45, 2.75) is 38.8 Å². The van der Waals surface area contributed by atoms with Crippen LogP contribution in [0, 0.1) is 0 Å². The first kappa shape index (κ1) is 31.4. The van der Waals surface area contributed by atoms with Gasteiger partial charge in [-0.2, -0.15) is 4.68 Å². The van der Waals surface area contributed by atoms with E-state index < -0.39 is 35.3 Å². The lowest BCUT2D eigenvalue weighted by molar-refractivity contribution is -0.149. The molecule has 5 aromatic rings. The molecule has 0 spiro atoms. The number of imidazole rings is 1. The van der Waals surface area contributed by atoms with Gasteiger partial charge < -0.3 is 24.8 Å². The van der Waals surface area contributed by atoms with Gasteiger partial charge in [-0.05, 0) is 73.2 Å². The van der Waals surface area contributed by atoms with Crippen molar-refractivity contribution < 1.29 is 23.9 Å². The van der Waals surface area contributed by atoms with Gasteiger partial charge in [-0.25, -0.2) is 9.78 Å². The van der Waals surface area contributed by atoms with Crippen molar-refractivity contribution >= 4 is 57.7 Å². The molecule has 14 nitrogen and oxygen atoms in total. The summed E-state index contributed by atoms with van der Waals surface area (Å²) in [5.41, 5.74) is 2.33. The first-order valence-electron chi connectivity index (χ1n) is 14.7. The van der Waals surface area contributed by atoms with Crippen molar-refractivity contribution in [2.75, 3.05) is 23.3 Å². The van der Waals surface area contributed by atoms with Gasteiger partial charge in [0.25, 0.3) is 0 Å². The molecule has 6 rings (SSSR count). The molecule has 0 aliphatic carbocycles. The average molecular weight is 656 g/mol. The number of halogens is 1. The summed E-state index contributed by atoms with van der Waals surface area (Å²) >= 11 is 6.27. The highest BCUT2D eigenvalue weighted by Crippen LogP contribution is 2.30. The molecule has 1 saturated heterocycles. The highest BCUT2D eigenvalue weighted by molar-refractivity contribution is 6.41. The summed E-state index contributed by atoms with van der Waals surface area (Å²) in [5.74, 6) is -2.74. The fourth-order valence-corrected chi connectivity index (χ4v) is 5.44. The fourth-order valence-electron chi connectivity index (χ4n) is 5.27. The van der Waals surface area contributed by atoms with Crippen molar-refractivity contribution in [3.05, 3.63) is 89.5 Å². The zero-order valence-corrected chi connectivity index (χ0v) is 26.4. The number of benzene rings is 3. The topological polar surface area (TPSA) is 168 Å². The predicted molar refractivity (Wildman–Crippen MR) is 172 cm³/mol. The van der Waals surface area contributed by atoms with Gasteiger partial charge in [-0.15, -0.1) is 5.10 Å². The number of anilines is 2. The van der Waals surface area contributed by atoms with Crippen LogP contribution in [0.2, 0.25) is 5.02 Å². The zero-order chi connectivity index (χ0) is 33.3. The second kappa shape index (κ2) is 12.6. The average Bonchev–Trinajstić information content (AvgIpc) is 3.72. The smallest absolute Gasteiger partial charge is 0.374 e. The van der Waals surface area contributed by atoms with Gasteiger partial charge in [-0.3, -0.25) is 14.4 Å². The number of carbonyl (C=O) groups excluding carboxylic acids is 4. The van der Waals surface area contributed by atoms with E-state index in [0.29, 0.717) is 33.1 Å². The maximum Gasteiger partial charge on any atom is 0.374 e. The maximum absolute atomic E-state index is 13.9. The van der Waals surface area contributed by atoms with Crippen molar-refractivity contribution in [3.8, 4) is 5.69 Å². The number of aromatic nitrogens is 6. The molecular formula is C32H30ClN9O5. The largest absolute Gasteiger partial charge is 0.454 e. The summed E-state index contributed by atoms with van der Waals surface area (Å²) in [5, 5.41) is 14.5. The lowest BCUT2D eigenvalue weighted by Crippen LogP contribution is -2.60. The molecule has 3 aromatic carbocycles. The molecule has 2 N–H and O–H groups in total. The summed E-state index contributed by atoms with van der Waals surface area (Å²) in [6, 6.07) is 18.0. The second-order valence-corrected chi connectivity index (χ2v) is 12.3. The van der Waals surface area contributed by atoms with Gasteiger partial charge in [0, 0.05) is 30.2 Å². The Morgan fingerprint density at radius 2 is 1.79 bits per heavy atom. The van der Waals surface area contributed by atoms with Crippen LogP contribution in [0.3, 0.4) is 0 Å². The third-order valence-corrected chi connectivity index (χ3v) is 7.61. The SMILES string of the molecule is CC(C)(C)OC(=O)c1nc2ccc(NC(=O)C(Cc3ccccc3)N3CCN(c4cc(Cl)ccc4-n4cnnn4)C(=O)C3=O)cc2[nH]1. The number of H-pyrrole nitrogens is 1. The number of tetrazole rings is 1. The van der Waals surface area contributed by atoms with E-state index in [1.54, 1.807) is 57.2 Å². The van der Waals surface area contributed by atoms with Crippen LogP contribution in [0.25, 0.3) is 16.7 Å². The van der Waals surface area contributed by atoms with E-state index in [2.05, 4.69) is 30.8 Å². The molecule has 47 heavy (non-hydrogen) atoms. The first-order valence-corrected chi connectivity index (χ1v) is 15.1. The Bertz CT molecular complexity index is 1970. The molecular weight excluding hydrogens is 626 g/mol. The molecule has 3 heterocycles. The standard InChI is InChI=1S/C32H30ClN9O5/c1-32(2,3)47-31(46)27-36-22-11-10-21(17-23(22)37-27)35-28(43)26(15-19-7-5-4-6-8-19)41-14-13-40(29(44)30(41)45)25-16-20(33)9-12-24(25)42-18-34-38-39-42/h4-12,16-18,26H,13-15H2,1-3H3,(H,35,43)(H,36,37). The van der Waals surface area contributed by atoms with Crippen LogP contribution in [0.5, 0.6) is 0 Å². The quantitative estimate of drug-likeness (QED) is 0.187. The van der Waals surface area contributed by atoms with Crippen LogP contribution in [-0.2, 0) is 25.5 Å². The third-order valence-electron chi connectivity index (χ3n) is 7.37. The molecule has 1 atom stereocenters. The number of aromatic amines is 1. The molecule has 0 bridgehead atoms. The highest BCUT2D eigenvalue weighted by atomic mass is 35.5. The molecule has 1 unspecified atom stereocenters. The number of ether oxygens (including phenoxy) is 1. The van der Waals surface area contributed by atoms with E-state index in [-0.39, 0.29) is 25.3 Å². The summed E-state index contributed by atoms with van der Waals surface area (Å²) in [4.78, 5) is 63.7. The number of esters is 1. The maximum atomic E-state index is 13.9. The Balaban J connectivity index is 1.25. The Labute approximate surface area is 273 Å². The van der Waals surface area contributed by atoms with Crippen molar-refractivity contribution in [1.29, 1.82) is 0 Å². The number of hydrogen-bond donors (Lipinski definition) is 2. The molecule has 3 amide bonds. The zero-order valence-electron chi connectivity index (χ0n) is 25.7. The van der Waals surface area contributed by atoms with Crippen molar-refractivity contribution in [3.63, 3.8) is 0 Å². The Hall–Kier alpha value is -5.63. The summed E-state index contributed by atoms with van der Waals surface area (Å²) < 4.78 is 6.77. The number of rotatable bonds is 8. The molecule has 1 fully saturated rings. The number of amides is 3. The van der Waals surface area contributed by atoms with Crippen LogP contribution in [0.1, 0.15) is 37.0 Å². The lowest BCUT2D eigenvalue weighted by Gasteiger charge is -2.38. The molecule has 15 heteroatoms. The number of hydrogen-bond acceptors (Lipinski definition) is 9. The number of nitrogens with one attached hydrogen (secondary N) is 2. The van der Waals surface area contributed by atoms with Gasteiger partial charge in [0.15, 0.2) is 0 Å². The molecule has 0 saturated carbocycles. The van der Waals surface area contributed by atoms with E-state index in [9.17, 15) is 19.2 Å². The van der Waals surface area contributed by atoms with Crippen molar-refractivity contribution in [1.82, 2.24) is 35.1 Å². The number of nitrogens with zero attached hydrogens (tertiary/aromatic N) is 7. The Morgan fingerprint density at radius 1 is 1.00 bits per heavy atom. The Morgan fingerprint density at radius 3 is 2.51 bits per heavy atom. The van der Waals surface area contributed by atoms with Gasteiger partial charge >= 0.3 is 17.8 Å². The normalized spacial score (nSPS) is 14.4. The minimum absolute atomic E-state index is 0.0327. The van der Waals surface area contributed by atoms with E-state index >= 15 is 0 Å². The number of carbonyl (C=O) groups is 4. The van der Waals surface area contributed by atoms with Crippen molar-refractivity contribution in [2.24, 2.45) is 0 Å². The van der Waals surface area contributed by atoms with Crippen LogP contribution in [-0.4, -0.2) is 83.5 Å². The summed E-state index contributed by atoms with van der Waals surface area (Å²) in [7, 11) is 0. The van der Waals surface area contributed by atoms with Gasteiger partial charge in [0.1, 0.15) is 18.0 Å². The van der Waals surface area contributed by atoms with E-state index in [0.717, 1.165) is 5.56 Å². The molecule has 1 aliphatic rings. The van der Waals surface area contributed by atoms with E-state index in [1.165, 1.54) is 20.8 Å². The minimum atomic E-state index is -1.02. The molecule has 1 aliphatic heterocycles. The van der Waals surface area contributed by atoms with Crippen LogP contribution >= 0.6 is 11.6 Å². The highest BCUT2D eigenvalue weighted by Gasteiger charge is 2.40. The lowest BCUT2D eigenvalue weighted by atomic mass is 10.0. The number of fused-ring (bicyclic) bond motifs is 1. The van der Waals surface area contributed by atoms with Crippen LogP contribution in [0.15, 0.2) is 73.1 Å². The van der Waals surface area contributed by atoms with Gasteiger partial charge in [-0.1, -0.05) is 41.9 Å². The second-order valence-electron chi connectivity index (χ2n) is 11.9. The monoisotopic (exact) mass is 655 g/mol. The van der Waals surface area contributed by atoms with Crippen LogP contribution < -0.4 is 10.2 Å². The summed E-state index contributed by atoms with van der Waals surface area (Å²) in [6.45, 7) is 5.44. The fraction of sp³-hybridized carbons (Fsp3) is 0.250. The third kappa shape index (κ3) is 6.82. The molecule has 240 valence electrons. The van der Waals surface area contributed by atoms with E-state index in [4.69, 9.17) is 16.3 Å². The summed E-state index contributed by atoms with van der Waals surface area (Å²) in [6.07, 6.45) is 1.53. The molecule has 0 radical (unpaired) electrons.